The van der Waals surface area contributed by atoms with E-state index in [1.165, 1.54) is 4.90 Å². The molecule has 2 N–H and O–H groups in total. The van der Waals surface area contributed by atoms with Crippen LogP contribution in [0.25, 0.3) is 11.0 Å². The lowest BCUT2D eigenvalue weighted by molar-refractivity contribution is -0.122. The Bertz CT molecular complexity index is 1430. The zero-order chi connectivity index (χ0) is 23.2. The molecule has 8 heteroatoms. The van der Waals surface area contributed by atoms with Gasteiger partial charge in [-0.1, -0.05) is 42.5 Å². The van der Waals surface area contributed by atoms with Gasteiger partial charge in [0.15, 0.2) is 0 Å². The summed E-state index contributed by atoms with van der Waals surface area (Å²) in [6.07, 6.45) is -0.110. The molecular formula is C26H21N5O3. The van der Waals surface area contributed by atoms with Gasteiger partial charge in [0.25, 0.3) is 11.8 Å². The van der Waals surface area contributed by atoms with E-state index in [1.807, 2.05) is 36.4 Å². The number of amides is 3. The van der Waals surface area contributed by atoms with Crippen molar-refractivity contribution in [1.29, 1.82) is 0 Å². The number of benzene rings is 3. The number of aromatic nitrogens is 2. The largest absolute Gasteiger partial charge is 0.354 e. The summed E-state index contributed by atoms with van der Waals surface area (Å²) in [4.78, 5) is 50.3. The van der Waals surface area contributed by atoms with Crippen molar-refractivity contribution >= 4 is 34.4 Å². The average Bonchev–Trinajstić information content (AvgIpc) is 3.40. The molecule has 0 spiro atoms. The fourth-order valence-corrected chi connectivity index (χ4v) is 4.79. The summed E-state index contributed by atoms with van der Waals surface area (Å²) in [5, 5.41) is 2.89. The minimum atomic E-state index is -0.646. The summed E-state index contributed by atoms with van der Waals surface area (Å²) in [5.41, 5.74) is 4.09. The average molecular weight is 451 g/mol. The van der Waals surface area contributed by atoms with Crippen LogP contribution in [0.2, 0.25) is 0 Å². The molecule has 2 aliphatic heterocycles. The highest BCUT2D eigenvalue weighted by Crippen LogP contribution is 2.44. The normalized spacial score (nSPS) is 16.4. The van der Waals surface area contributed by atoms with Crippen molar-refractivity contribution in [3.63, 3.8) is 0 Å². The summed E-state index contributed by atoms with van der Waals surface area (Å²) >= 11 is 0. The molecule has 0 saturated carbocycles. The first kappa shape index (κ1) is 20.2. The van der Waals surface area contributed by atoms with Crippen LogP contribution in [0.5, 0.6) is 0 Å². The van der Waals surface area contributed by atoms with Crippen molar-refractivity contribution in [3.8, 4) is 0 Å². The number of nitrogens with zero attached hydrogens (tertiary/aromatic N) is 3. The number of carbonyl (C=O) groups excluding carboxylic acids is 3. The van der Waals surface area contributed by atoms with E-state index in [2.05, 4.69) is 15.3 Å². The third kappa shape index (κ3) is 3.14. The van der Waals surface area contributed by atoms with Crippen LogP contribution in [-0.4, -0.2) is 45.7 Å². The van der Waals surface area contributed by atoms with Crippen LogP contribution in [0.4, 0.5) is 5.69 Å². The van der Waals surface area contributed by atoms with Crippen molar-refractivity contribution in [2.45, 2.75) is 12.6 Å². The first-order valence-electron chi connectivity index (χ1n) is 11.1. The standard InChI is InChI=1S/C26H21N5O3/c32-23(27-14-13-22-28-19-10-4-5-11-20(19)29-22)15-30-24-16-7-1-2-8-17(16)26(34)31(24)21-12-6-3-9-18(21)25(30)33/h1-12,24H,13-15H2,(H,27,32)(H,28,29)/t24-/m1/s1. The summed E-state index contributed by atoms with van der Waals surface area (Å²) in [6, 6.07) is 22.0. The van der Waals surface area contributed by atoms with Crippen LogP contribution in [-0.2, 0) is 11.2 Å². The number of aromatic amines is 1. The minimum Gasteiger partial charge on any atom is -0.354 e. The van der Waals surface area contributed by atoms with Crippen LogP contribution < -0.4 is 10.2 Å². The predicted molar refractivity (Wildman–Crippen MR) is 126 cm³/mol. The van der Waals surface area contributed by atoms with E-state index in [0.29, 0.717) is 29.8 Å². The molecule has 0 radical (unpaired) electrons. The molecule has 3 amide bonds. The van der Waals surface area contributed by atoms with Crippen LogP contribution in [0, 0.1) is 0 Å². The molecule has 0 saturated heterocycles. The van der Waals surface area contributed by atoms with Gasteiger partial charge in [-0.25, -0.2) is 4.98 Å². The molecule has 8 nitrogen and oxygen atoms in total. The number of rotatable bonds is 5. The molecule has 0 fully saturated rings. The Morgan fingerprint density at radius 1 is 0.912 bits per heavy atom. The lowest BCUT2D eigenvalue weighted by Crippen LogP contribution is -2.51. The van der Waals surface area contributed by atoms with Crippen molar-refractivity contribution < 1.29 is 14.4 Å². The van der Waals surface area contributed by atoms with E-state index in [0.717, 1.165) is 22.4 Å². The van der Waals surface area contributed by atoms with Gasteiger partial charge in [0.1, 0.15) is 18.5 Å². The maximum atomic E-state index is 13.4. The van der Waals surface area contributed by atoms with Gasteiger partial charge >= 0.3 is 0 Å². The number of anilines is 1. The Balaban J connectivity index is 1.22. The number of H-pyrrole nitrogens is 1. The third-order valence-corrected chi connectivity index (χ3v) is 6.32. The lowest BCUT2D eigenvalue weighted by atomic mass is 10.0. The molecule has 4 aromatic rings. The van der Waals surface area contributed by atoms with Crippen LogP contribution in [0.15, 0.2) is 72.8 Å². The molecular weight excluding hydrogens is 430 g/mol. The second-order valence-electron chi connectivity index (χ2n) is 8.39. The van der Waals surface area contributed by atoms with Gasteiger partial charge in [-0.2, -0.15) is 0 Å². The lowest BCUT2D eigenvalue weighted by Gasteiger charge is -2.40. The van der Waals surface area contributed by atoms with E-state index in [-0.39, 0.29) is 24.3 Å². The first-order valence-corrected chi connectivity index (χ1v) is 11.1. The maximum Gasteiger partial charge on any atom is 0.260 e. The quantitative estimate of drug-likeness (QED) is 0.487. The van der Waals surface area contributed by atoms with Gasteiger partial charge in [0.05, 0.1) is 22.3 Å². The number of nitrogens with one attached hydrogen (secondary N) is 2. The number of hydrogen-bond acceptors (Lipinski definition) is 4. The van der Waals surface area contributed by atoms with Gasteiger partial charge in [-0.15, -0.1) is 0 Å². The highest BCUT2D eigenvalue weighted by atomic mass is 16.2. The monoisotopic (exact) mass is 451 g/mol. The van der Waals surface area contributed by atoms with Crippen molar-refractivity contribution in [2.24, 2.45) is 0 Å². The van der Waals surface area contributed by atoms with E-state index in [4.69, 9.17) is 0 Å². The zero-order valence-corrected chi connectivity index (χ0v) is 18.2. The summed E-state index contributed by atoms with van der Waals surface area (Å²) in [7, 11) is 0. The molecule has 3 heterocycles. The Kier molecular flexibility index (Phi) is 4.65. The van der Waals surface area contributed by atoms with Gasteiger partial charge in [-0.05, 0) is 30.3 Å². The van der Waals surface area contributed by atoms with Crippen molar-refractivity contribution in [2.75, 3.05) is 18.0 Å². The molecule has 1 atom stereocenters. The molecule has 1 aromatic heterocycles. The van der Waals surface area contributed by atoms with Crippen molar-refractivity contribution in [1.82, 2.24) is 20.2 Å². The first-order chi connectivity index (χ1) is 16.6. The van der Waals surface area contributed by atoms with Crippen LogP contribution in [0.3, 0.4) is 0 Å². The molecule has 6 rings (SSSR count). The molecule has 3 aromatic carbocycles. The zero-order valence-electron chi connectivity index (χ0n) is 18.2. The number of imidazole rings is 1. The smallest absolute Gasteiger partial charge is 0.260 e. The second kappa shape index (κ2) is 7.84. The Labute approximate surface area is 195 Å². The highest BCUT2D eigenvalue weighted by molar-refractivity contribution is 6.17. The van der Waals surface area contributed by atoms with Crippen molar-refractivity contribution in [3.05, 3.63) is 95.3 Å². The Morgan fingerprint density at radius 3 is 2.50 bits per heavy atom. The molecule has 168 valence electrons. The topological polar surface area (TPSA) is 98.4 Å². The summed E-state index contributed by atoms with van der Waals surface area (Å²) < 4.78 is 0. The van der Waals surface area contributed by atoms with Gasteiger partial charge in [0.2, 0.25) is 5.91 Å². The SMILES string of the molecule is O=C(CN1C(=O)c2ccccc2N2C(=O)c3ccccc3[C@H]12)NCCc1nc2ccccc2[nH]1. The van der Waals surface area contributed by atoms with Gasteiger partial charge in [-0.3, -0.25) is 19.3 Å². The summed E-state index contributed by atoms with van der Waals surface area (Å²) in [5.74, 6) is 0.0521. The highest BCUT2D eigenvalue weighted by Gasteiger charge is 2.47. The molecule has 0 unspecified atom stereocenters. The Morgan fingerprint density at radius 2 is 1.65 bits per heavy atom. The van der Waals surface area contributed by atoms with E-state index in [1.54, 1.807) is 41.3 Å². The number of para-hydroxylation sites is 3. The molecule has 0 aliphatic carbocycles. The fourth-order valence-electron chi connectivity index (χ4n) is 4.79. The molecule has 34 heavy (non-hydrogen) atoms. The van der Waals surface area contributed by atoms with E-state index >= 15 is 0 Å². The molecule has 0 bridgehead atoms. The second-order valence-corrected chi connectivity index (χ2v) is 8.39. The van der Waals surface area contributed by atoms with Crippen LogP contribution in [0.1, 0.15) is 38.3 Å². The predicted octanol–water partition coefficient (Wildman–Crippen LogP) is 3.04. The fraction of sp³-hybridized carbons (Fsp3) is 0.154. The van der Waals surface area contributed by atoms with E-state index in [9.17, 15) is 14.4 Å². The summed E-state index contributed by atoms with van der Waals surface area (Å²) in [6.45, 7) is 0.219. The third-order valence-electron chi connectivity index (χ3n) is 6.32. The minimum absolute atomic E-state index is 0.157. The maximum absolute atomic E-state index is 13.4. The number of fused-ring (bicyclic) bond motifs is 6. The van der Waals surface area contributed by atoms with E-state index < -0.39 is 6.17 Å². The van der Waals surface area contributed by atoms with Crippen LogP contribution >= 0.6 is 0 Å². The Hall–Kier alpha value is -4.46. The number of carbonyl (C=O) groups is 3. The number of hydrogen-bond donors (Lipinski definition) is 2. The van der Waals surface area contributed by atoms with Gasteiger partial charge in [0, 0.05) is 24.1 Å². The molecule has 2 aliphatic rings. The van der Waals surface area contributed by atoms with Gasteiger partial charge < -0.3 is 15.2 Å².